The number of nitro groups is 2. The zero-order valence-corrected chi connectivity index (χ0v) is 12.1. The molecule has 2 rings (SSSR count). The third kappa shape index (κ3) is 3.43. The van der Waals surface area contributed by atoms with Gasteiger partial charge < -0.3 is 0 Å². The van der Waals surface area contributed by atoms with E-state index in [1.807, 2.05) is 12.1 Å². The first-order valence-electron chi connectivity index (χ1n) is 6.01. The highest BCUT2D eigenvalue weighted by atomic mass is 32.2. The predicted molar refractivity (Wildman–Crippen MR) is 79.7 cm³/mol. The van der Waals surface area contributed by atoms with Crippen LogP contribution in [0.1, 0.15) is 11.1 Å². The van der Waals surface area contributed by atoms with E-state index in [1.165, 1.54) is 24.3 Å². The van der Waals surface area contributed by atoms with Gasteiger partial charge in [-0.3, -0.25) is 20.2 Å². The van der Waals surface area contributed by atoms with Crippen LogP contribution in [0.25, 0.3) is 0 Å². The molecule has 0 bridgehead atoms. The summed E-state index contributed by atoms with van der Waals surface area (Å²) in [5.74, 6) is 0. The van der Waals surface area contributed by atoms with Crippen molar-refractivity contribution in [2.24, 2.45) is 0 Å². The van der Waals surface area contributed by atoms with Gasteiger partial charge in [0, 0.05) is 34.1 Å². The van der Waals surface area contributed by atoms with Crippen LogP contribution in [-0.4, -0.2) is 9.85 Å². The number of benzene rings is 2. The molecule has 2 aromatic rings. The Kier molecular flexibility index (Phi) is 4.55. The Morgan fingerprint density at radius 1 is 0.826 bits per heavy atom. The van der Waals surface area contributed by atoms with Gasteiger partial charge in [0.25, 0.3) is 11.4 Å². The van der Waals surface area contributed by atoms with Crippen LogP contribution in [-0.2, 0) is 0 Å². The van der Waals surface area contributed by atoms with Gasteiger partial charge in [-0.2, -0.15) is 10.5 Å². The summed E-state index contributed by atoms with van der Waals surface area (Å²) in [5.41, 5.74) is -0.247. The lowest BCUT2D eigenvalue weighted by molar-refractivity contribution is -0.385. The first-order valence-corrected chi connectivity index (χ1v) is 6.83. The summed E-state index contributed by atoms with van der Waals surface area (Å²) in [5, 5.41) is 39.7. The number of nitriles is 2. The maximum Gasteiger partial charge on any atom is 0.270 e. The molecule has 0 heterocycles. The van der Waals surface area contributed by atoms with Gasteiger partial charge in [-0.25, -0.2) is 0 Å². The van der Waals surface area contributed by atoms with E-state index in [0.717, 1.165) is 23.9 Å². The number of rotatable bonds is 4. The van der Waals surface area contributed by atoms with Crippen LogP contribution in [0.5, 0.6) is 0 Å². The van der Waals surface area contributed by atoms with Crippen molar-refractivity contribution < 1.29 is 9.85 Å². The Bertz CT molecular complexity index is 825. The number of nitro benzene ring substituents is 2. The van der Waals surface area contributed by atoms with E-state index in [2.05, 4.69) is 0 Å². The molecule has 0 aliphatic heterocycles. The lowest BCUT2D eigenvalue weighted by Gasteiger charge is -2.05. The minimum absolute atomic E-state index is 0.0893. The summed E-state index contributed by atoms with van der Waals surface area (Å²) in [4.78, 5) is 21.1. The molecule has 2 aromatic carbocycles. The monoisotopic (exact) mass is 326 g/mol. The maximum absolute atomic E-state index is 10.7. The van der Waals surface area contributed by atoms with Crippen molar-refractivity contribution >= 4 is 23.1 Å². The molecule has 0 saturated heterocycles. The average molecular weight is 326 g/mol. The van der Waals surface area contributed by atoms with Crippen molar-refractivity contribution in [2.75, 3.05) is 0 Å². The third-order valence-corrected chi connectivity index (χ3v) is 3.96. The second-order valence-electron chi connectivity index (χ2n) is 4.20. The fourth-order valence-corrected chi connectivity index (χ4v) is 2.67. The number of nitrogens with zero attached hydrogens (tertiary/aromatic N) is 4. The molecule has 0 aromatic heterocycles. The molecule has 9 heteroatoms. The summed E-state index contributed by atoms with van der Waals surface area (Å²) < 4.78 is 0. The van der Waals surface area contributed by atoms with Gasteiger partial charge >= 0.3 is 0 Å². The van der Waals surface area contributed by atoms with E-state index in [1.54, 1.807) is 0 Å². The van der Waals surface area contributed by atoms with Crippen LogP contribution < -0.4 is 0 Å². The van der Waals surface area contributed by atoms with Gasteiger partial charge in [-0.1, -0.05) is 11.8 Å². The summed E-state index contributed by atoms with van der Waals surface area (Å²) in [6.07, 6.45) is 0. The average Bonchev–Trinajstić information content (AvgIpc) is 2.55. The predicted octanol–water partition coefficient (Wildman–Crippen LogP) is 3.40. The summed E-state index contributed by atoms with van der Waals surface area (Å²) in [7, 11) is 0. The molecule has 112 valence electrons. The SMILES string of the molecule is N#Cc1cc([N+](=O)[O-])ccc1Sc1ccc([N+](=O)[O-])cc1C#N. The van der Waals surface area contributed by atoms with Crippen molar-refractivity contribution in [1.82, 2.24) is 0 Å². The molecule has 0 fully saturated rings. The van der Waals surface area contributed by atoms with Gasteiger partial charge in [0.15, 0.2) is 0 Å². The fraction of sp³-hybridized carbons (Fsp3) is 0. The van der Waals surface area contributed by atoms with Crippen LogP contribution >= 0.6 is 11.8 Å². The Labute approximate surface area is 133 Å². The Hall–Kier alpha value is -3.43. The Morgan fingerprint density at radius 3 is 1.52 bits per heavy atom. The van der Waals surface area contributed by atoms with E-state index >= 15 is 0 Å². The van der Waals surface area contributed by atoms with E-state index in [4.69, 9.17) is 10.5 Å². The van der Waals surface area contributed by atoms with Crippen molar-refractivity contribution in [1.29, 1.82) is 10.5 Å². The number of hydrogen-bond acceptors (Lipinski definition) is 7. The number of non-ortho nitro benzene ring substituents is 2. The van der Waals surface area contributed by atoms with Gasteiger partial charge in [0.1, 0.15) is 12.1 Å². The molecular formula is C14H6N4O4S. The third-order valence-electron chi connectivity index (χ3n) is 2.81. The van der Waals surface area contributed by atoms with Crippen molar-refractivity contribution in [3.8, 4) is 12.1 Å². The molecule has 0 saturated carbocycles. The number of hydrogen-bond donors (Lipinski definition) is 0. The summed E-state index contributed by atoms with van der Waals surface area (Å²) >= 11 is 1.04. The van der Waals surface area contributed by atoms with E-state index in [9.17, 15) is 20.2 Å². The van der Waals surface area contributed by atoms with E-state index in [-0.39, 0.29) is 22.5 Å². The van der Waals surface area contributed by atoms with Gasteiger partial charge in [-0.15, -0.1) is 0 Å². The normalized spacial score (nSPS) is 9.65. The molecule has 0 radical (unpaired) electrons. The molecular weight excluding hydrogens is 320 g/mol. The van der Waals surface area contributed by atoms with Gasteiger partial charge in [0.05, 0.1) is 21.0 Å². The minimum atomic E-state index is -0.609. The van der Waals surface area contributed by atoms with Crippen LogP contribution in [0.4, 0.5) is 11.4 Å². The molecule has 0 N–H and O–H groups in total. The van der Waals surface area contributed by atoms with E-state index in [0.29, 0.717) is 9.79 Å². The summed E-state index contributed by atoms with van der Waals surface area (Å²) in [6, 6.07) is 11.3. The molecule has 23 heavy (non-hydrogen) atoms. The van der Waals surface area contributed by atoms with Crippen LogP contribution in [0.3, 0.4) is 0 Å². The molecule has 0 atom stereocenters. The Balaban J connectivity index is 2.44. The fourth-order valence-electron chi connectivity index (χ4n) is 1.73. The minimum Gasteiger partial charge on any atom is -0.258 e. The van der Waals surface area contributed by atoms with E-state index < -0.39 is 9.85 Å². The highest BCUT2D eigenvalue weighted by molar-refractivity contribution is 7.99. The standard InChI is InChI=1S/C14H6N4O4S/c15-7-9-5-11(17(19)20)1-3-13(9)23-14-4-2-12(18(21)22)6-10(14)8-16/h1-6H. The van der Waals surface area contributed by atoms with Crippen LogP contribution in [0, 0.1) is 42.9 Å². The lowest BCUT2D eigenvalue weighted by atomic mass is 10.2. The molecule has 0 unspecified atom stereocenters. The van der Waals surface area contributed by atoms with Crippen molar-refractivity contribution in [3.63, 3.8) is 0 Å². The Morgan fingerprint density at radius 2 is 1.22 bits per heavy atom. The maximum atomic E-state index is 10.7. The summed E-state index contributed by atoms with van der Waals surface area (Å²) in [6.45, 7) is 0. The molecule has 0 spiro atoms. The van der Waals surface area contributed by atoms with Crippen molar-refractivity contribution in [2.45, 2.75) is 9.79 Å². The van der Waals surface area contributed by atoms with Gasteiger partial charge in [-0.05, 0) is 12.1 Å². The topological polar surface area (TPSA) is 134 Å². The van der Waals surface area contributed by atoms with Gasteiger partial charge in [0.2, 0.25) is 0 Å². The van der Waals surface area contributed by atoms with Crippen molar-refractivity contribution in [3.05, 3.63) is 67.8 Å². The zero-order chi connectivity index (χ0) is 17.0. The highest BCUT2D eigenvalue weighted by Gasteiger charge is 2.15. The molecule has 0 amide bonds. The second kappa shape index (κ2) is 6.56. The van der Waals surface area contributed by atoms with Crippen LogP contribution in [0.15, 0.2) is 46.2 Å². The molecule has 0 aliphatic carbocycles. The second-order valence-corrected chi connectivity index (χ2v) is 5.28. The molecule has 0 aliphatic rings. The largest absolute Gasteiger partial charge is 0.270 e. The molecule has 8 nitrogen and oxygen atoms in total. The first-order chi connectivity index (χ1) is 11.0. The lowest BCUT2D eigenvalue weighted by Crippen LogP contribution is -1.92. The van der Waals surface area contributed by atoms with Crippen LogP contribution in [0.2, 0.25) is 0 Å². The zero-order valence-electron chi connectivity index (χ0n) is 11.3. The quantitative estimate of drug-likeness (QED) is 0.620. The first kappa shape index (κ1) is 15.9. The smallest absolute Gasteiger partial charge is 0.258 e. The highest BCUT2D eigenvalue weighted by Crippen LogP contribution is 2.35.